The lowest BCUT2D eigenvalue weighted by atomic mass is 10.2. The molecule has 3 nitrogen and oxygen atoms in total. The molecule has 0 aliphatic heterocycles. The van der Waals surface area contributed by atoms with Crippen molar-refractivity contribution in [1.29, 1.82) is 0 Å². The van der Waals surface area contributed by atoms with Gasteiger partial charge in [-0.25, -0.2) is 18.0 Å². The minimum Gasteiger partial charge on any atom is -0.449 e. The van der Waals surface area contributed by atoms with Gasteiger partial charge in [0.2, 0.25) is 40.6 Å². The van der Waals surface area contributed by atoms with Gasteiger partial charge in [0.15, 0.2) is 0 Å². The maximum Gasteiger partial charge on any atom is 0.379 e. The number of halogens is 5. The number of benzene rings is 2. The number of furan rings is 1. The molecule has 0 bridgehead atoms. The monoisotopic (exact) mass is 328 g/mol. The van der Waals surface area contributed by atoms with Gasteiger partial charge in [0.1, 0.15) is 5.58 Å². The summed E-state index contributed by atoms with van der Waals surface area (Å²) < 4.78 is 75.3. The SMILES string of the molecule is O=C(Oc1c(F)c(F)c(F)c(F)c1F)c1cc2ccccc2o1. The third-order valence-electron chi connectivity index (χ3n) is 2.99. The van der Waals surface area contributed by atoms with Gasteiger partial charge in [0, 0.05) is 5.39 Å². The fourth-order valence-electron chi connectivity index (χ4n) is 1.90. The first-order valence-corrected chi connectivity index (χ1v) is 6.12. The van der Waals surface area contributed by atoms with Gasteiger partial charge in [-0.1, -0.05) is 18.2 Å². The van der Waals surface area contributed by atoms with E-state index in [4.69, 9.17) is 4.42 Å². The maximum atomic E-state index is 13.5. The highest BCUT2D eigenvalue weighted by Crippen LogP contribution is 2.30. The largest absolute Gasteiger partial charge is 0.449 e. The summed E-state index contributed by atoms with van der Waals surface area (Å²) in [7, 11) is 0. The van der Waals surface area contributed by atoms with Crippen molar-refractivity contribution < 1.29 is 35.9 Å². The minimum absolute atomic E-state index is 0.289. The molecule has 23 heavy (non-hydrogen) atoms. The Labute approximate surface area is 124 Å². The molecule has 118 valence electrons. The summed E-state index contributed by atoms with van der Waals surface area (Å²) in [6.07, 6.45) is 0. The Morgan fingerprint density at radius 1 is 0.870 bits per heavy atom. The van der Waals surface area contributed by atoms with Crippen LogP contribution in [0.2, 0.25) is 0 Å². The van der Waals surface area contributed by atoms with E-state index in [1.54, 1.807) is 18.2 Å². The number of esters is 1. The molecule has 0 spiro atoms. The Balaban J connectivity index is 2.00. The van der Waals surface area contributed by atoms with Gasteiger partial charge in [-0.15, -0.1) is 0 Å². The van der Waals surface area contributed by atoms with E-state index in [1.807, 2.05) is 0 Å². The van der Waals surface area contributed by atoms with Crippen LogP contribution in [0.1, 0.15) is 10.6 Å². The summed E-state index contributed by atoms with van der Waals surface area (Å²) in [6, 6.07) is 7.59. The molecule has 0 radical (unpaired) electrons. The molecule has 0 fully saturated rings. The predicted octanol–water partition coefficient (Wildman–Crippen LogP) is 4.35. The van der Waals surface area contributed by atoms with Crippen LogP contribution in [0, 0.1) is 29.1 Å². The van der Waals surface area contributed by atoms with Crippen LogP contribution in [0.3, 0.4) is 0 Å². The van der Waals surface area contributed by atoms with Crippen molar-refractivity contribution in [2.45, 2.75) is 0 Å². The molecule has 3 rings (SSSR count). The molecule has 0 aliphatic rings. The van der Waals surface area contributed by atoms with Crippen molar-refractivity contribution in [2.24, 2.45) is 0 Å². The topological polar surface area (TPSA) is 39.4 Å². The highest BCUT2D eigenvalue weighted by atomic mass is 19.2. The highest BCUT2D eigenvalue weighted by Gasteiger charge is 2.29. The Kier molecular flexibility index (Phi) is 3.51. The lowest BCUT2D eigenvalue weighted by molar-refractivity contribution is 0.0685. The number of para-hydroxylation sites is 1. The molecule has 0 aliphatic carbocycles. The van der Waals surface area contributed by atoms with Gasteiger partial charge in [0.05, 0.1) is 0 Å². The van der Waals surface area contributed by atoms with Gasteiger partial charge in [0.25, 0.3) is 0 Å². The van der Waals surface area contributed by atoms with Crippen molar-refractivity contribution in [2.75, 3.05) is 0 Å². The predicted molar refractivity (Wildman–Crippen MR) is 67.4 cm³/mol. The first kappa shape index (κ1) is 15.0. The second-order valence-electron chi connectivity index (χ2n) is 4.44. The van der Waals surface area contributed by atoms with Gasteiger partial charge in [-0.05, 0) is 12.1 Å². The van der Waals surface area contributed by atoms with Crippen LogP contribution >= 0.6 is 0 Å². The van der Waals surface area contributed by atoms with E-state index in [0.717, 1.165) is 0 Å². The Morgan fingerprint density at radius 2 is 1.43 bits per heavy atom. The van der Waals surface area contributed by atoms with Crippen LogP contribution in [0.5, 0.6) is 5.75 Å². The quantitative estimate of drug-likeness (QED) is 0.231. The molecule has 0 atom stereocenters. The van der Waals surface area contributed by atoms with Crippen molar-refractivity contribution in [1.82, 2.24) is 0 Å². The van der Waals surface area contributed by atoms with Gasteiger partial charge in [-0.3, -0.25) is 0 Å². The summed E-state index contributed by atoms with van der Waals surface area (Å²) in [5.41, 5.74) is 0.289. The number of hydrogen-bond donors (Lipinski definition) is 0. The third-order valence-corrected chi connectivity index (χ3v) is 2.99. The lowest BCUT2D eigenvalue weighted by Gasteiger charge is -2.07. The van der Waals surface area contributed by atoms with Crippen LogP contribution in [0.25, 0.3) is 11.0 Å². The number of hydrogen-bond acceptors (Lipinski definition) is 3. The molecule has 0 saturated carbocycles. The average Bonchev–Trinajstić information content (AvgIpc) is 2.99. The Morgan fingerprint density at radius 3 is 2.04 bits per heavy atom. The lowest BCUT2D eigenvalue weighted by Crippen LogP contribution is -2.13. The van der Waals surface area contributed by atoms with E-state index in [1.165, 1.54) is 12.1 Å². The molecule has 1 aromatic heterocycles. The van der Waals surface area contributed by atoms with Crippen LogP contribution < -0.4 is 4.74 Å². The van der Waals surface area contributed by atoms with Crippen molar-refractivity contribution in [3.63, 3.8) is 0 Å². The van der Waals surface area contributed by atoms with Gasteiger partial charge in [-0.2, -0.15) is 8.78 Å². The smallest absolute Gasteiger partial charge is 0.379 e. The summed E-state index contributed by atoms with van der Waals surface area (Å²) in [6.45, 7) is 0. The summed E-state index contributed by atoms with van der Waals surface area (Å²) in [4.78, 5) is 11.8. The first-order chi connectivity index (χ1) is 10.9. The number of ether oxygens (including phenoxy) is 1. The molecule has 2 aromatic carbocycles. The van der Waals surface area contributed by atoms with Crippen LogP contribution in [-0.2, 0) is 0 Å². The fourth-order valence-corrected chi connectivity index (χ4v) is 1.90. The standard InChI is InChI=1S/C15H5F5O3/c16-9-10(17)12(19)14(13(20)11(9)18)23-15(21)8-5-6-3-1-2-4-7(6)22-8/h1-5H. The molecule has 1 heterocycles. The molecule has 0 N–H and O–H groups in total. The van der Waals surface area contributed by atoms with Crippen LogP contribution in [0.4, 0.5) is 22.0 Å². The highest BCUT2D eigenvalue weighted by molar-refractivity contribution is 5.93. The van der Waals surface area contributed by atoms with E-state index in [2.05, 4.69) is 4.74 Å². The summed E-state index contributed by atoms with van der Waals surface area (Å²) in [5, 5.41) is 0.497. The molecule has 8 heteroatoms. The van der Waals surface area contributed by atoms with E-state index in [-0.39, 0.29) is 5.58 Å². The Hall–Kier alpha value is -2.90. The van der Waals surface area contributed by atoms with Crippen LogP contribution in [0.15, 0.2) is 34.7 Å². The second kappa shape index (κ2) is 5.38. The molecule has 0 amide bonds. The molecular formula is C15H5F5O3. The zero-order valence-corrected chi connectivity index (χ0v) is 11.0. The van der Waals surface area contributed by atoms with Gasteiger partial charge >= 0.3 is 5.97 Å². The second-order valence-corrected chi connectivity index (χ2v) is 4.44. The fraction of sp³-hybridized carbons (Fsp3) is 0. The number of carbonyl (C=O) groups is 1. The van der Waals surface area contributed by atoms with Crippen molar-refractivity contribution in [3.05, 3.63) is 65.2 Å². The first-order valence-electron chi connectivity index (χ1n) is 6.12. The van der Waals surface area contributed by atoms with Crippen molar-refractivity contribution in [3.8, 4) is 5.75 Å². The van der Waals surface area contributed by atoms with E-state index in [9.17, 15) is 26.7 Å². The Bertz CT molecular complexity index is 870. The molecule has 0 saturated heterocycles. The number of fused-ring (bicyclic) bond motifs is 1. The molecule has 3 aromatic rings. The number of rotatable bonds is 2. The summed E-state index contributed by atoms with van der Waals surface area (Å²) in [5.74, 6) is -14.8. The summed E-state index contributed by atoms with van der Waals surface area (Å²) >= 11 is 0. The normalized spacial score (nSPS) is 11.0. The van der Waals surface area contributed by atoms with Crippen LogP contribution in [-0.4, -0.2) is 5.97 Å². The molecule has 0 unspecified atom stereocenters. The van der Waals surface area contributed by atoms with E-state index < -0.39 is 46.6 Å². The molecular weight excluding hydrogens is 323 g/mol. The minimum atomic E-state index is -2.34. The van der Waals surface area contributed by atoms with E-state index in [0.29, 0.717) is 5.39 Å². The third kappa shape index (κ3) is 2.41. The average molecular weight is 328 g/mol. The zero-order chi connectivity index (χ0) is 16.7. The number of carbonyl (C=O) groups excluding carboxylic acids is 1. The zero-order valence-electron chi connectivity index (χ0n) is 11.0. The van der Waals surface area contributed by atoms with Gasteiger partial charge < -0.3 is 9.15 Å². The van der Waals surface area contributed by atoms with E-state index >= 15 is 0 Å². The van der Waals surface area contributed by atoms with Crippen molar-refractivity contribution >= 4 is 16.9 Å². The maximum absolute atomic E-state index is 13.5.